The first-order valence-electron chi connectivity index (χ1n) is 5.83. The van der Waals surface area contributed by atoms with E-state index in [0.29, 0.717) is 6.42 Å². The van der Waals surface area contributed by atoms with E-state index >= 15 is 0 Å². The second-order valence-electron chi connectivity index (χ2n) is 4.23. The van der Waals surface area contributed by atoms with Crippen LogP contribution in [-0.2, 0) is 28.8 Å². The largest absolute Gasteiger partial charge is 0.469 e. The van der Waals surface area contributed by atoms with Crippen molar-refractivity contribution >= 4 is 5.97 Å². The summed E-state index contributed by atoms with van der Waals surface area (Å²) >= 11 is 0. The molecule has 2 rings (SSSR count). The Kier molecular flexibility index (Phi) is 3.54. The van der Waals surface area contributed by atoms with E-state index in [1.165, 1.54) is 31.2 Å². The number of nitrogens with zero attached hydrogens (tertiary/aromatic N) is 1. The monoisotopic (exact) mass is 219 g/mol. The quantitative estimate of drug-likeness (QED) is 0.730. The zero-order chi connectivity index (χ0) is 11.4. The Labute approximate surface area is 95.8 Å². The van der Waals surface area contributed by atoms with Crippen LogP contribution in [0.15, 0.2) is 12.3 Å². The number of methoxy groups -OCH3 is 1. The van der Waals surface area contributed by atoms with E-state index in [2.05, 4.69) is 15.8 Å². The van der Waals surface area contributed by atoms with Crippen molar-refractivity contribution < 1.29 is 9.53 Å². The second kappa shape index (κ2) is 5.10. The standard InChI is InChI=1S/C13H17NO2/c1-16-13(15)7-6-10-8-11-4-2-3-5-12(11)14-9-10/h8-9H,2-7H2,1H3. The van der Waals surface area contributed by atoms with Crippen molar-refractivity contribution in [3.05, 3.63) is 29.1 Å². The minimum Gasteiger partial charge on any atom is -0.469 e. The third kappa shape index (κ3) is 2.60. The second-order valence-corrected chi connectivity index (χ2v) is 4.23. The number of carbonyl (C=O) groups excluding carboxylic acids is 1. The molecule has 0 unspecified atom stereocenters. The van der Waals surface area contributed by atoms with E-state index in [1.807, 2.05) is 6.20 Å². The Hall–Kier alpha value is -1.38. The van der Waals surface area contributed by atoms with Crippen LogP contribution in [0.2, 0.25) is 0 Å². The molecule has 0 aliphatic heterocycles. The zero-order valence-corrected chi connectivity index (χ0v) is 9.66. The number of pyridine rings is 1. The molecule has 0 saturated carbocycles. The highest BCUT2D eigenvalue weighted by atomic mass is 16.5. The number of aromatic nitrogens is 1. The molecule has 0 fully saturated rings. The molecule has 0 amide bonds. The maximum Gasteiger partial charge on any atom is 0.305 e. The fourth-order valence-electron chi connectivity index (χ4n) is 2.12. The lowest BCUT2D eigenvalue weighted by molar-refractivity contribution is -0.140. The maximum absolute atomic E-state index is 11.0. The van der Waals surface area contributed by atoms with Gasteiger partial charge in [-0.1, -0.05) is 6.07 Å². The molecule has 0 aromatic carbocycles. The van der Waals surface area contributed by atoms with Crippen molar-refractivity contribution in [2.24, 2.45) is 0 Å². The Morgan fingerprint density at radius 2 is 2.25 bits per heavy atom. The first-order chi connectivity index (χ1) is 7.79. The fourth-order valence-corrected chi connectivity index (χ4v) is 2.12. The third-order valence-electron chi connectivity index (χ3n) is 3.07. The number of hydrogen-bond acceptors (Lipinski definition) is 3. The molecule has 1 aromatic rings. The van der Waals surface area contributed by atoms with Gasteiger partial charge in [-0.2, -0.15) is 0 Å². The van der Waals surface area contributed by atoms with Crippen molar-refractivity contribution in [3.8, 4) is 0 Å². The molecule has 16 heavy (non-hydrogen) atoms. The van der Waals surface area contributed by atoms with Gasteiger partial charge >= 0.3 is 5.97 Å². The molecule has 0 atom stereocenters. The number of fused-ring (bicyclic) bond motifs is 1. The van der Waals surface area contributed by atoms with Gasteiger partial charge in [0.05, 0.1) is 7.11 Å². The normalized spacial score (nSPS) is 14.3. The van der Waals surface area contributed by atoms with Crippen LogP contribution in [0.1, 0.15) is 36.1 Å². The molecule has 86 valence electrons. The summed E-state index contributed by atoms with van der Waals surface area (Å²) in [6.07, 6.45) is 7.81. The van der Waals surface area contributed by atoms with Gasteiger partial charge in [0.25, 0.3) is 0 Å². The lowest BCUT2D eigenvalue weighted by Gasteiger charge is -2.15. The molecule has 0 spiro atoms. The molecule has 1 aliphatic rings. The Morgan fingerprint density at radius 3 is 3.06 bits per heavy atom. The predicted molar refractivity (Wildman–Crippen MR) is 61.2 cm³/mol. The number of carbonyl (C=O) groups is 1. The van der Waals surface area contributed by atoms with Gasteiger partial charge in [0.1, 0.15) is 0 Å². The van der Waals surface area contributed by atoms with E-state index in [1.54, 1.807) is 0 Å². The van der Waals surface area contributed by atoms with Crippen molar-refractivity contribution in [2.75, 3.05) is 7.11 Å². The number of ether oxygens (including phenoxy) is 1. The van der Waals surface area contributed by atoms with Crippen LogP contribution in [0.4, 0.5) is 0 Å². The Morgan fingerprint density at radius 1 is 1.44 bits per heavy atom. The van der Waals surface area contributed by atoms with Crippen LogP contribution in [0.25, 0.3) is 0 Å². The molecule has 1 aromatic heterocycles. The molecule has 3 heteroatoms. The van der Waals surface area contributed by atoms with Gasteiger partial charge in [-0.3, -0.25) is 9.78 Å². The number of rotatable bonds is 3. The summed E-state index contributed by atoms with van der Waals surface area (Å²) < 4.78 is 4.63. The summed E-state index contributed by atoms with van der Waals surface area (Å²) in [6, 6.07) is 2.20. The molecule has 0 saturated heterocycles. The van der Waals surface area contributed by atoms with Crippen LogP contribution in [0, 0.1) is 0 Å². The molecule has 0 radical (unpaired) electrons. The van der Waals surface area contributed by atoms with E-state index in [0.717, 1.165) is 24.8 Å². The third-order valence-corrected chi connectivity index (χ3v) is 3.07. The van der Waals surface area contributed by atoms with E-state index < -0.39 is 0 Å². The van der Waals surface area contributed by atoms with Crippen molar-refractivity contribution in [1.29, 1.82) is 0 Å². The molecular weight excluding hydrogens is 202 g/mol. The topological polar surface area (TPSA) is 39.2 Å². The smallest absolute Gasteiger partial charge is 0.305 e. The summed E-state index contributed by atoms with van der Waals surface area (Å²) in [7, 11) is 1.42. The number of hydrogen-bond donors (Lipinski definition) is 0. The number of esters is 1. The van der Waals surface area contributed by atoms with Gasteiger partial charge in [0.2, 0.25) is 0 Å². The van der Waals surface area contributed by atoms with Crippen molar-refractivity contribution in [1.82, 2.24) is 4.98 Å². The highest BCUT2D eigenvalue weighted by molar-refractivity contribution is 5.69. The minimum absolute atomic E-state index is 0.155. The lowest BCUT2D eigenvalue weighted by Crippen LogP contribution is -2.07. The van der Waals surface area contributed by atoms with Crippen LogP contribution in [-0.4, -0.2) is 18.1 Å². The first kappa shape index (κ1) is 11.1. The SMILES string of the molecule is COC(=O)CCc1cnc2c(c1)CCCC2. The van der Waals surface area contributed by atoms with Gasteiger partial charge in [-0.15, -0.1) is 0 Å². The van der Waals surface area contributed by atoms with Gasteiger partial charge < -0.3 is 4.74 Å². The average molecular weight is 219 g/mol. The Bertz CT molecular complexity index is 388. The summed E-state index contributed by atoms with van der Waals surface area (Å²) in [5.41, 5.74) is 3.76. The lowest BCUT2D eigenvalue weighted by atomic mass is 9.94. The summed E-state index contributed by atoms with van der Waals surface area (Å²) in [4.78, 5) is 15.5. The van der Waals surface area contributed by atoms with Crippen molar-refractivity contribution in [3.63, 3.8) is 0 Å². The van der Waals surface area contributed by atoms with E-state index in [4.69, 9.17) is 0 Å². The molecule has 1 heterocycles. The van der Waals surface area contributed by atoms with Gasteiger partial charge in [0, 0.05) is 18.3 Å². The van der Waals surface area contributed by atoms with Crippen molar-refractivity contribution in [2.45, 2.75) is 38.5 Å². The molecule has 0 N–H and O–H groups in total. The Balaban J connectivity index is 2.03. The summed E-state index contributed by atoms with van der Waals surface area (Å²) in [6.45, 7) is 0. The molecule has 3 nitrogen and oxygen atoms in total. The molecule has 1 aliphatic carbocycles. The van der Waals surface area contributed by atoms with Crippen LogP contribution >= 0.6 is 0 Å². The van der Waals surface area contributed by atoms with Gasteiger partial charge in [0.15, 0.2) is 0 Å². The minimum atomic E-state index is -0.155. The predicted octanol–water partition coefficient (Wildman–Crippen LogP) is 2.07. The van der Waals surface area contributed by atoms with Crippen LogP contribution < -0.4 is 0 Å². The fraction of sp³-hybridized carbons (Fsp3) is 0.538. The average Bonchev–Trinajstić information content (AvgIpc) is 2.35. The highest BCUT2D eigenvalue weighted by Crippen LogP contribution is 2.20. The zero-order valence-electron chi connectivity index (χ0n) is 9.66. The summed E-state index contributed by atoms with van der Waals surface area (Å²) in [5, 5.41) is 0. The van der Waals surface area contributed by atoms with Gasteiger partial charge in [-0.25, -0.2) is 0 Å². The number of aryl methyl sites for hydroxylation is 3. The van der Waals surface area contributed by atoms with Gasteiger partial charge in [-0.05, 0) is 43.2 Å². The summed E-state index contributed by atoms with van der Waals surface area (Å²) in [5.74, 6) is -0.155. The molecule has 0 bridgehead atoms. The first-order valence-corrected chi connectivity index (χ1v) is 5.83. The van der Waals surface area contributed by atoms with Crippen LogP contribution in [0.3, 0.4) is 0 Å². The molecular formula is C13H17NO2. The highest BCUT2D eigenvalue weighted by Gasteiger charge is 2.11. The van der Waals surface area contributed by atoms with E-state index in [-0.39, 0.29) is 5.97 Å². The van der Waals surface area contributed by atoms with E-state index in [9.17, 15) is 4.79 Å². The van der Waals surface area contributed by atoms with Crippen LogP contribution in [0.5, 0.6) is 0 Å². The maximum atomic E-state index is 11.0.